The molecule has 3 rings (SSSR count). The third kappa shape index (κ3) is 2.76. The van der Waals surface area contributed by atoms with Crippen molar-refractivity contribution in [3.63, 3.8) is 0 Å². The van der Waals surface area contributed by atoms with Gasteiger partial charge in [-0.2, -0.15) is 15.2 Å². The van der Waals surface area contributed by atoms with E-state index in [1.165, 1.54) is 12.8 Å². The van der Waals surface area contributed by atoms with Crippen LogP contribution in [-0.4, -0.2) is 26.1 Å². The standard InChI is InChI=1S/C16H22N6/c1-3-11(2)9-18-15-14-16(21-13(8-17)20-15)22(10-19-14)12-6-4-5-7-12/h10-12H,3-7,9H2,1-2H3,(H,18,20,21)/t11-/m0/s1. The Morgan fingerprint density at radius 1 is 1.41 bits per heavy atom. The van der Waals surface area contributed by atoms with Gasteiger partial charge < -0.3 is 9.88 Å². The lowest BCUT2D eigenvalue weighted by Crippen LogP contribution is -2.13. The molecule has 0 bridgehead atoms. The first kappa shape index (κ1) is 14.8. The first-order chi connectivity index (χ1) is 10.7. The normalized spacial score (nSPS) is 16.8. The van der Waals surface area contributed by atoms with Gasteiger partial charge in [0.25, 0.3) is 0 Å². The second kappa shape index (κ2) is 6.30. The topological polar surface area (TPSA) is 79.4 Å². The van der Waals surface area contributed by atoms with E-state index in [2.05, 4.69) is 44.8 Å². The molecule has 0 saturated heterocycles. The molecule has 1 N–H and O–H groups in total. The zero-order valence-corrected chi connectivity index (χ0v) is 13.2. The van der Waals surface area contributed by atoms with Crippen LogP contribution in [0.3, 0.4) is 0 Å². The van der Waals surface area contributed by atoms with E-state index in [1.54, 1.807) is 0 Å². The highest BCUT2D eigenvalue weighted by Crippen LogP contribution is 2.32. The molecule has 116 valence electrons. The Morgan fingerprint density at radius 3 is 2.86 bits per heavy atom. The summed E-state index contributed by atoms with van der Waals surface area (Å²) in [6.45, 7) is 5.18. The van der Waals surface area contributed by atoms with Gasteiger partial charge in [-0.1, -0.05) is 33.1 Å². The van der Waals surface area contributed by atoms with Gasteiger partial charge in [0.1, 0.15) is 6.07 Å². The molecule has 1 aliphatic rings. The molecule has 1 fully saturated rings. The van der Waals surface area contributed by atoms with Crippen LogP contribution in [0.1, 0.15) is 57.8 Å². The number of hydrogen-bond donors (Lipinski definition) is 1. The van der Waals surface area contributed by atoms with Gasteiger partial charge in [-0.15, -0.1) is 0 Å². The van der Waals surface area contributed by atoms with Crippen molar-refractivity contribution in [2.45, 2.75) is 52.0 Å². The molecule has 6 nitrogen and oxygen atoms in total. The summed E-state index contributed by atoms with van der Waals surface area (Å²) in [7, 11) is 0. The van der Waals surface area contributed by atoms with E-state index in [0.29, 0.717) is 17.8 Å². The maximum absolute atomic E-state index is 9.21. The monoisotopic (exact) mass is 298 g/mol. The lowest BCUT2D eigenvalue weighted by molar-refractivity contribution is 0.528. The Bertz CT molecular complexity index is 692. The van der Waals surface area contributed by atoms with Crippen molar-refractivity contribution in [2.24, 2.45) is 5.92 Å². The highest BCUT2D eigenvalue weighted by Gasteiger charge is 2.21. The van der Waals surface area contributed by atoms with Gasteiger partial charge in [-0.25, -0.2) is 4.98 Å². The Hall–Kier alpha value is -2.16. The first-order valence-electron chi connectivity index (χ1n) is 8.11. The van der Waals surface area contributed by atoms with Crippen molar-refractivity contribution < 1.29 is 0 Å². The number of hydrogen-bond acceptors (Lipinski definition) is 5. The third-order valence-corrected chi connectivity index (χ3v) is 4.55. The van der Waals surface area contributed by atoms with Crippen molar-refractivity contribution in [3.8, 4) is 6.07 Å². The van der Waals surface area contributed by atoms with Crippen LogP contribution in [0.25, 0.3) is 11.2 Å². The van der Waals surface area contributed by atoms with Gasteiger partial charge in [0.2, 0.25) is 5.82 Å². The maximum atomic E-state index is 9.21. The van der Waals surface area contributed by atoms with Crippen molar-refractivity contribution in [1.29, 1.82) is 5.26 Å². The summed E-state index contributed by atoms with van der Waals surface area (Å²) in [6, 6.07) is 2.52. The summed E-state index contributed by atoms with van der Waals surface area (Å²) >= 11 is 0. The zero-order valence-electron chi connectivity index (χ0n) is 13.2. The fourth-order valence-electron chi connectivity index (χ4n) is 2.95. The van der Waals surface area contributed by atoms with Crippen LogP contribution >= 0.6 is 0 Å². The SMILES string of the molecule is CC[C@H](C)CNc1nc(C#N)nc2c1ncn2C1CCCC1. The molecule has 1 saturated carbocycles. The molecule has 0 amide bonds. The molecule has 0 unspecified atom stereocenters. The fraction of sp³-hybridized carbons (Fsp3) is 0.625. The summed E-state index contributed by atoms with van der Waals surface area (Å²) in [5, 5.41) is 12.5. The Labute approximate surface area is 130 Å². The molecule has 0 radical (unpaired) electrons. The lowest BCUT2D eigenvalue weighted by Gasteiger charge is -2.13. The predicted octanol–water partition coefficient (Wildman–Crippen LogP) is 3.27. The van der Waals surface area contributed by atoms with Crippen molar-refractivity contribution in [1.82, 2.24) is 19.5 Å². The minimum Gasteiger partial charge on any atom is -0.368 e. The number of fused-ring (bicyclic) bond motifs is 1. The number of nitriles is 1. The van der Waals surface area contributed by atoms with Gasteiger partial charge >= 0.3 is 0 Å². The predicted molar refractivity (Wildman–Crippen MR) is 85.5 cm³/mol. The molecule has 1 aliphatic carbocycles. The molecule has 6 heteroatoms. The summed E-state index contributed by atoms with van der Waals surface area (Å²) in [5.41, 5.74) is 1.55. The number of nitrogens with one attached hydrogen (secondary N) is 1. The molecular formula is C16H22N6. The minimum atomic E-state index is 0.207. The second-order valence-electron chi connectivity index (χ2n) is 6.16. The van der Waals surface area contributed by atoms with Crippen LogP contribution in [0.2, 0.25) is 0 Å². The molecule has 2 aromatic rings. The van der Waals surface area contributed by atoms with Crippen molar-refractivity contribution in [2.75, 3.05) is 11.9 Å². The van der Waals surface area contributed by atoms with E-state index in [0.717, 1.165) is 37.0 Å². The van der Waals surface area contributed by atoms with Crippen LogP contribution in [0.5, 0.6) is 0 Å². The van der Waals surface area contributed by atoms with Crippen LogP contribution in [0, 0.1) is 17.2 Å². The van der Waals surface area contributed by atoms with E-state index >= 15 is 0 Å². The van der Waals surface area contributed by atoms with Crippen molar-refractivity contribution in [3.05, 3.63) is 12.2 Å². The van der Waals surface area contributed by atoms with Crippen LogP contribution in [0.4, 0.5) is 5.82 Å². The Kier molecular flexibility index (Phi) is 4.23. The Morgan fingerprint density at radius 2 is 2.18 bits per heavy atom. The number of rotatable bonds is 5. The van der Waals surface area contributed by atoms with E-state index in [1.807, 2.05) is 6.33 Å². The van der Waals surface area contributed by atoms with Crippen LogP contribution < -0.4 is 5.32 Å². The minimum absolute atomic E-state index is 0.207. The van der Waals surface area contributed by atoms with Crippen LogP contribution in [0.15, 0.2) is 6.33 Å². The average molecular weight is 298 g/mol. The van der Waals surface area contributed by atoms with E-state index in [-0.39, 0.29) is 5.82 Å². The van der Waals surface area contributed by atoms with Crippen LogP contribution in [-0.2, 0) is 0 Å². The van der Waals surface area contributed by atoms with Gasteiger partial charge in [0.15, 0.2) is 17.0 Å². The van der Waals surface area contributed by atoms with Crippen molar-refractivity contribution >= 4 is 17.0 Å². The average Bonchev–Trinajstić information content (AvgIpc) is 3.20. The van der Waals surface area contributed by atoms with Gasteiger partial charge in [-0.05, 0) is 18.8 Å². The first-order valence-corrected chi connectivity index (χ1v) is 8.11. The maximum Gasteiger partial charge on any atom is 0.236 e. The number of aromatic nitrogens is 4. The van der Waals surface area contributed by atoms with E-state index in [9.17, 15) is 5.26 Å². The second-order valence-corrected chi connectivity index (χ2v) is 6.16. The quantitative estimate of drug-likeness (QED) is 0.916. The molecule has 2 aromatic heterocycles. The van der Waals surface area contributed by atoms with Gasteiger partial charge in [0, 0.05) is 12.6 Å². The Balaban J connectivity index is 1.99. The zero-order chi connectivity index (χ0) is 15.5. The number of nitrogens with zero attached hydrogens (tertiary/aromatic N) is 5. The van der Waals surface area contributed by atoms with Gasteiger partial charge in [0.05, 0.1) is 6.33 Å². The van der Waals surface area contributed by atoms with E-state index < -0.39 is 0 Å². The third-order valence-electron chi connectivity index (χ3n) is 4.55. The molecule has 0 spiro atoms. The smallest absolute Gasteiger partial charge is 0.236 e. The molecule has 2 heterocycles. The largest absolute Gasteiger partial charge is 0.368 e. The molecular weight excluding hydrogens is 276 g/mol. The number of imidazole rings is 1. The molecule has 0 aliphatic heterocycles. The summed E-state index contributed by atoms with van der Waals surface area (Å²) in [4.78, 5) is 13.2. The fourth-order valence-corrected chi connectivity index (χ4v) is 2.95. The summed E-state index contributed by atoms with van der Waals surface area (Å²) < 4.78 is 2.12. The van der Waals surface area contributed by atoms with E-state index in [4.69, 9.17) is 0 Å². The molecule has 22 heavy (non-hydrogen) atoms. The lowest BCUT2D eigenvalue weighted by atomic mass is 10.1. The highest BCUT2D eigenvalue weighted by atomic mass is 15.2. The summed E-state index contributed by atoms with van der Waals surface area (Å²) in [5.74, 6) is 1.44. The summed E-state index contributed by atoms with van der Waals surface area (Å²) in [6.07, 6.45) is 7.77. The molecule has 1 atom stereocenters. The molecule has 0 aromatic carbocycles. The van der Waals surface area contributed by atoms with Gasteiger partial charge in [-0.3, -0.25) is 0 Å². The number of anilines is 1. The highest BCUT2D eigenvalue weighted by molar-refractivity contribution is 5.83.